The van der Waals surface area contributed by atoms with E-state index in [9.17, 15) is 0 Å². The fourth-order valence-electron chi connectivity index (χ4n) is 2.61. The first-order valence-electron chi connectivity index (χ1n) is 7.04. The fourth-order valence-corrected chi connectivity index (χ4v) is 3.60. The molecule has 1 N–H and O–H groups in total. The van der Waals surface area contributed by atoms with E-state index >= 15 is 0 Å². The third-order valence-electron chi connectivity index (χ3n) is 3.66. The smallest absolute Gasteiger partial charge is 0.0959 e. The Kier molecular flexibility index (Phi) is 4.25. The van der Waals surface area contributed by atoms with E-state index in [1.807, 2.05) is 34.5 Å². The number of hydrogen-bond acceptors (Lipinski definition) is 4. The van der Waals surface area contributed by atoms with E-state index in [1.165, 1.54) is 36.4 Å². The van der Waals surface area contributed by atoms with Crippen molar-refractivity contribution in [2.75, 3.05) is 6.54 Å². The summed E-state index contributed by atoms with van der Waals surface area (Å²) in [4.78, 5) is 4.76. The molecule has 1 aliphatic carbocycles. The molecule has 1 saturated carbocycles. The molecule has 0 radical (unpaired) electrons. The van der Waals surface area contributed by atoms with Gasteiger partial charge in [-0.1, -0.05) is 12.8 Å². The number of thiazole rings is 1. The zero-order chi connectivity index (χ0) is 12.9. The zero-order valence-corrected chi connectivity index (χ0v) is 11.9. The summed E-state index contributed by atoms with van der Waals surface area (Å²) in [7, 11) is 0. The van der Waals surface area contributed by atoms with Crippen molar-refractivity contribution in [3.8, 4) is 0 Å². The summed E-state index contributed by atoms with van der Waals surface area (Å²) in [5.41, 5.74) is 1.19. The van der Waals surface area contributed by atoms with Gasteiger partial charge in [0, 0.05) is 36.8 Å². The van der Waals surface area contributed by atoms with Crippen molar-refractivity contribution in [1.29, 1.82) is 0 Å². The van der Waals surface area contributed by atoms with E-state index in [2.05, 4.69) is 15.8 Å². The van der Waals surface area contributed by atoms with Gasteiger partial charge >= 0.3 is 0 Å². The van der Waals surface area contributed by atoms with Gasteiger partial charge in [-0.3, -0.25) is 4.68 Å². The molecule has 2 aromatic heterocycles. The van der Waals surface area contributed by atoms with Crippen molar-refractivity contribution >= 4 is 11.3 Å². The van der Waals surface area contributed by atoms with Crippen molar-refractivity contribution in [2.24, 2.45) is 0 Å². The van der Waals surface area contributed by atoms with Gasteiger partial charge < -0.3 is 5.32 Å². The van der Waals surface area contributed by atoms with Crippen LogP contribution in [0.2, 0.25) is 0 Å². The topological polar surface area (TPSA) is 42.7 Å². The van der Waals surface area contributed by atoms with Gasteiger partial charge in [-0.25, -0.2) is 4.98 Å². The largest absolute Gasteiger partial charge is 0.309 e. The first-order valence-corrected chi connectivity index (χ1v) is 7.92. The minimum Gasteiger partial charge on any atom is -0.309 e. The van der Waals surface area contributed by atoms with Crippen LogP contribution in [0.1, 0.15) is 42.3 Å². The summed E-state index contributed by atoms with van der Waals surface area (Å²) < 4.78 is 1.94. The molecule has 2 aromatic rings. The zero-order valence-electron chi connectivity index (χ0n) is 11.1. The molecule has 0 atom stereocenters. The van der Waals surface area contributed by atoms with Gasteiger partial charge in [0.1, 0.15) is 0 Å². The Morgan fingerprint density at radius 2 is 2.26 bits per heavy atom. The van der Waals surface area contributed by atoms with E-state index in [0.29, 0.717) is 0 Å². The van der Waals surface area contributed by atoms with E-state index in [4.69, 9.17) is 4.98 Å². The standard InChI is InChI=1S/C14H20N4S/c1-2-5-12(4-1)14-17-13(11-19-14)10-15-7-9-18-8-3-6-16-18/h3,6,8,11-12,15H,1-2,4-5,7,9-10H2. The molecular weight excluding hydrogens is 256 g/mol. The lowest BCUT2D eigenvalue weighted by Gasteiger charge is -2.04. The molecule has 0 spiro atoms. The molecule has 4 nitrogen and oxygen atoms in total. The van der Waals surface area contributed by atoms with E-state index in [-0.39, 0.29) is 0 Å². The molecule has 2 heterocycles. The lowest BCUT2D eigenvalue weighted by atomic mass is 10.1. The van der Waals surface area contributed by atoms with Crippen LogP contribution in [-0.4, -0.2) is 21.3 Å². The number of nitrogens with zero attached hydrogens (tertiary/aromatic N) is 3. The molecule has 0 amide bonds. The van der Waals surface area contributed by atoms with Crippen molar-refractivity contribution in [3.05, 3.63) is 34.5 Å². The molecule has 0 unspecified atom stereocenters. The Morgan fingerprint density at radius 3 is 3.05 bits per heavy atom. The number of hydrogen-bond donors (Lipinski definition) is 1. The Hall–Kier alpha value is -1.20. The molecule has 102 valence electrons. The third-order valence-corrected chi connectivity index (χ3v) is 4.71. The van der Waals surface area contributed by atoms with Crippen LogP contribution in [0.15, 0.2) is 23.8 Å². The van der Waals surface area contributed by atoms with Crippen molar-refractivity contribution in [3.63, 3.8) is 0 Å². The predicted octanol–water partition coefficient (Wildman–Crippen LogP) is 2.79. The van der Waals surface area contributed by atoms with Crippen molar-refractivity contribution < 1.29 is 0 Å². The van der Waals surface area contributed by atoms with Gasteiger partial charge in [0.25, 0.3) is 0 Å². The van der Waals surface area contributed by atoms with Crippen molar-refractivity contribution in [1.82, 2.24) is 20.1 Å². The van der Waals surface area contributed by atoms with Crippen LogP contribution in [0.4, 0.5) is 0 Å². The fraction of sp³-hybridized carbons (Fsp3) is 0.571. The highest BCUT2D eigenvalue weighted by atomic mass is 32.1. The van der Waals surface area contributed by atoms with Crippen LogP contribution in [0.25, 0.3) is 0 Å². The molecule has 0 saturated heterocycles. The second-order valence-corrected chi connectivity index (χ2v) is 5.99. The minimum absolute atomic E-state index is 0.739. The maximum Gasteiger partial charge on any atom is 0.0959 e. The number of aromatic nitrogens is 3. The summed E-state index contributed by atoms with van der Waals surface area (Å²) in [5.74, 6) is 0.739. The lowest BCUT2D eigenvalue weighted by molar-refractivity contribution is 0.551. The van der Waals surface area contributed by atoms with Crippen LogP contribution in [0.5, 0.6) is 0 Å². The molecule has 19 heavy (non-hydrogen) atoms. The monoisotopic (exact) mass is 276 g/mol. The highest BCUT2D eigenvalue weighted by Gasteiger charge is 2.19. The van der Waals surface area contributed by atoms with Gasteiger partial charge in [0.05, 0.1) is 17.2 Å². The summed E-state index contributed by atoms with van der Waals surface area (Å²) in [5, 5.41) is 11.2. The Balaban J connectivity index is 1.42. The second-order valence-electron chi connectivity index (χ2n) is 5.10. The summed E-state index contributed by atoms with van der Waals surface area (Å²) in [6.45, 7) is 2.70. The molecule has 5 heteroatoms. The van der Waals surface area contributed by atoms with Gasteiger partial charge in [-0.2, -0.15) is 5.10 Å². The molecule has 1 aliphatic rings. The molecule has 1 fully saturated rings. The van der Waals surface area contributed by atoms with E-state index in [0.717, 1.165) is 25.6 Å². The maximum absolute atomic E-state index is 4.76. The van der Waals surface area contributed by atoms with Crippen LogP contribution in [-0.2, 0) is 13.1 Å². The Bertz CT molecular complexity index is 485. The lowest BCUT2D eigenvalue weighted by Crippen LogP contribution is -2.19. The highest BCUT2D eigenvalue weighted by Crippen LogP contribution is 2.35. The highest BCUT2D eigenvalue weighted by molar-refractivity contribution is 7.09. The Morgan fingerprint density at radius 1 is 1.37 bits per heavy atom. The van der Waals surface area contributed by atoms with Gasteiger partial charge in [0.2, 0.25) is 0 Å². The van der Waals surface area contributed by atoms with Crippen LogP contribution < -0.4 is 5.32 Å². The Labute approximate surface area is 117 Å². The molecule has 0 bridgehead atoms. The van der Waals surface area contributed by atoms with Gasteiger partial charge in [-0.15, -0.1) is 11.3 Å². The van der Waals surface area contributed by atoms with Gasteiger partial charge in [-0.05, 0) is 18.9 Å². The first-order chi connectivity index (χ1) is 9.42. The SMILES string of the molecule is c1cnn(CCNCc2csc(C3CCCC3)n2)c1. The average Bonchev–Trinajstić information content (AvgIpc) is 3.15. The number of rotatable bonds is 6. The number of nitrogens with one attached hydrogen (secondary N) is 1. The predicted molar refractivity (Wildman–Crippen MR) is 77.3 cm³/mol. The second kappa shape index (κ2) is 6.30. The molecule has 0 aromatic carbocycles. The van der Waals surface area contributed by atoms with Crippen molar-refractivity contribution in [2.45, 2.75) is 44.7 Å². The quantitative estimate of drug-likeness (QED) is 0.825. The van der Waals surface area contributed by atoms with Crippen LogP contribution in [0.3, 0.4) is 0 Å². The first kappa shape index (κ1) is 12.8. The third kappa shape index (κ3) is 3.42. The molecule has 3 rings (SSSR count). The van der Waals surface area contributed by atoms with Crippen LogP contribution >= 0.6 is 11.3 Å². The molecular formula is C14H20N4S. The van der Waals surface area contributed by atoms with E-state index in [1.54, 1.807) is 0 Å². The molecule has 0 aliphatic heterocycles. The normalized spacial score (nSPS) is 16.2. The maximum atomic E-state index is 4.76. The van der Waals surface area contributed by atoms with E-state index < -0.39 is 0 Å². The van der Waals surface area contributed by atoms with Crippen LogP contribution in [0, 0.1) is 0 Å². The summed E-state index contributed by atoms with van der Waals surface area (Å²) >= 11 is 1.83. The summed E-state index contributed by atoms with van der Waals surface area (Å²) in [6.07, 6.45) is 9.22. The average molecular weight is 276 g/mol. The minimum atomic E-state index is 0.739. The van der Waals surface area contributed by atoms with Gasteiger partial charge in [0.15, 0.2) is 0 Å². The summed E-state index contributed by atoms with van der Waals surface area (Å²) in [6, 6.07) is 1.95.